The molecular formula is C17H31IN4O. The van der Waals surface area contributed by atoms with Crippen LogP contribution in [0.4, 0.5) is 0 Å². The molecule has 1 fully saturated rings. The summed E-state index contributed by atoms with van der Waals surface area (Å²) < 4.78 is 5.58. The van der Waals surface area contributed by atoms with E-state index < -0.39 is 0 Å². The van der Waals surface area contributed by atoms with Crippen molar-refractivity contribution in [3.63, 3.8) is 0 Å². The van der Waals surface area contributed by atoms with E-state index in [4.69, 9.17) is 4.42 Å². The lowest BCUT2D eigenvalue weighted by atomic mass is 9.80. The molecule has 0 bridgehead atoms. The van der Waals surface area contributed by atoms with E-state index >= 15 is 0 Å². The summed E-state index contributed by atoms with van der Waals surface area (Å²) in [6, 6.07) is 0. The molecule has 1 aromatic heterocycles. The van der Waals surface area contributed by atoms with Crippen molar-refractivity contribution in [2.75, 3.05) is 13.1 Å². The summed E-state index contributed by atoms with van der Waals surface area (Å²) >= 11 is 0. The molecule has 2 unspecified atom stereocenters. The Morgan fingerprint density at radius 1 is 1.26 bits per heavy atom. The standard InChI is InChI=1S/C17H30N4O.HI/c1-5-18-17(19-10-15-9-7-6-8-12(15)2)20-11-16-21-13(3)14(4)22-16;/h12,15H,5-11H2,1-4H3,(H2,18,19,20);1H. The maximum absolute atomic E-state index is 5.58. The second-order valence-corrected chi connectivity index (χ2v) is 6.35. The molecule has 2 N–H and O–H groups in total. The van der Waals surface area contributed by atoms with Gasteiger partial charge in [-0.25, -0.2) is 9.98 Å². The van der Waals surface area contributed by atoms with E-state index in [9.17, 15) is 0 Å². The van der Waals surface area contributed by atoms with Gasteiger partial charge in [0.25, 0.3) is 0 Å². The van der Waals surface area contributed by atoms with Gasteiger partial charge in [-0.15, -0.1) is 24.0 Å². The zero-order valence-corrected chi connectivity index (χ0v) is 17.1. The van der Waals surface area contributed by atoms with Crippen molar-refractivity contribution >= 4 is 29.9 Å². The normalized spacial score (nSPS) is 21.7. The van der Waals surface area contributed by atoms with Gasteiger partial charge in [-0.2, -0.15) is 0 Å². The molecule has 1 aliphatic carbocycles. The Hall–Kier alpha value is -0.790. The van der Waals surface area contributed by atoms with Crippen molar-refractivity contribution in [1.82, 2.24) is 15.6 Å². The monoisotopic (exact) mass is 434 g/mol. The molecule has 1 aromatic rings. The smallest absolute Gasteiger partial charge is 0.216 e. The number of rotatable bonds is 5. The highest BCUT2D eigenvalue weighted by atomic mass is 127. The Balaban J connectivity index is 0.00000264. The Bertz CT molecular complexity index is 481. The number of aryl methyl sites for hydroxylation is 2. The van der Waals surface area contributed by atoms with Crippen molar-refractivity contribution in [3.8, 4) is 0 Å². The predicted octanol–water partition coefficient (Wildman–Crippen LogP) is 3.79. The maximum Gasteiger partial charge on any atom is 0.216 e. The molecule has 2 rings (SSSR count). The largest absolute Gasteiger partial charge is 0.444 e. The van der Waals surface area contributed by atoms with Crippen LogP contribution in [0.5, 0.6) is 0 Å². The van der Waals surface area contributed by atoms with Crippen LogP contribution >= 0.6 is 24.0 Å². The predicted molar refractivity (Wildman–Crippen MR) is 105 cm³/mol. The molecule has 0 radical (unpaired) electrons. The SMILES string of the molecule is CCNC(=NCc1nc(C)c(C)o1)NCC1CCCCC1C.I. The summed E-state index contributed by atoms with van der Waals surface area (Å²) in [6.07, 6.45) is 5.43. The fraction of sp³-hybridized carbons (Fsp3) is 0.765. The van der Waals surface area contributed by atoms with Crippen LogP contribution in [0, 0.1) is 25.7 Å². The summed E-state index contributed by atoms with van der Waals surface area (Å²) in [7, 11) is 0. The van der Waals surface area contributed by atoms with Crippen LogP contribution < -0.4 is 10.6 Å². The number of hydrogen-bond acceptors (Lipinski definition) is 3. The minimum Gasteiger partial charge on any atom is -0.444 e. The summed E-state index contributed by atoms with van der Waals surface area (Å²) in [6.45, 7) is 10.7. The van der Waals surface area contributed by atoms with Crippen LogP contribution in [0.1, 0.15) is 56.9 Å². The zero-order chi connectivity index (χ0) is 15.9. The molecule has 2 atom stereocenters. The van der Waals surface area contributed by atoms with Crippen LogP contribution in [-0.4, -0.2) is 24.0 Å². The molecule has 5 nitrogen and oxygen atoms in total. The highest BCUT2D eigenvalue weighted by molar-refractivity contribution is 14.0. The van der Waals surface area contributed by atoms with Crippen molar-refractivity contribution in [1.29, 1.82) is 0 Å². The highest BCUT2D eigenvalue weighted by Crippen LogP contribution is 2.28. The molecule has 23 heavy (non-hydrogen) atoms. The van der Waals surface area contributed by atoms with Crippen LogP contribution in [0.3, 0.4) is 0 Å². The Kier molecular flexibility index (Phi) is 8.94. The lowest BCUT2D eigenvalue weighted by molar-refractivity contribution is 0.256. The average Bonchev–Trinajstić information content (AvgIpc) is 2.82. The van der Waals surface area contributed by atoms with Crippen molar-refractivity contribution < 1.29 is 4.42 Å². The summed E-state index contributed by atoms with van der Waals surface area (Å²) in [4.78, 5) is 8.96. The fourth-order valence-corrected chi connectivity index (χ4v) is 3.02. The molecular weight excluding hydrogens is 403 g/mol. The van der Waals surface area contributed by atoms with Gasteiger partial charge in [0.15, 0.2) is 5.96 Å². The van der Waals surface area contributed by atoms with E-state index in [-0.39, 0.29) is 24.0 Å². The highest BCUT2D eigenvalue weighted by Gasteiger charge is 2.21. The van der Waals surface area contributed by atoms with Crippen molar-refractivity contribution in [3.05, 3.63) is 17.3 Å². The second-order valence-electron chi connectivity index (χ2n) is 6.35. The topological polar surface area (TPSA) is 62.5 Å². The van der Waals surface area contributed by atoms with E-state index in [0.717, 1.165) is 42.3 Å². The first kappa shape index (κ1) is 20.3. The molecule has 0 aromatic carbocycles. The number of guanidine groups is 1. The molecule has 1 saturated carbocycles. The number of aromatic nitrogens is 1. The van der Waals surface area contributed by atoms with Gasteiger partial charge in [0.05, 0.1) is 5.69 Å². The molecule has 0 spiro atoms. The minimum absolute atomic E-state index is 0. The molecule has 0 aliphatic heterocycles. The van der Waals surface area contributed by atoms with Crippen LogP contribution in [0.25, 0.3) is 0 Å². The van der Waals surface area contributed by atoms with Gasteiger partial charge >= 0.3 is 0 Å². The summed E-state index contributed by atoms with van der Waals surface area (Å²) in [5.74, 6) is 3.97. The Morgan fingerprint density at radius 2 is 2.00 bits per heavy atom. The first-order valence-electron chi connectivity index (χ1n) is 8.55. The first-order valence-corrected chi connectivity index (χ1v) is 8.55. The summed E-state index contributed by atoms with van der Waals surface area (Å²) in [5, 5.41) is 6.78. The van der Waals surface area contributed by atoms with Gasteiger partial charge in [0.2, 0.25) is 5.89 Å². The Labute approximate surface area is 157 Å². The molecule has 0 amide bonds. The molecule has 1 aliphatic rings. The van der Waals surface area contributed by atoms with Crippen LogP contribution in [0.2, 0.25) is 0 Å². The van der Waals surface area contributed by atoms with E-state index in [1.165, 1.54) is 25.7 Å². The fourth-order valence-electron chi connectivity index (χ4n) is 3.02. The quantitative estimate of drug-likeness (QED) is 0.421. The lowest BCUT2D eigenvalue weighted by Gasteiger charge is -2.29. The van der Waals surface area contributed by atoms with Crippen molar-refractivity contribution in [2.24, 2.45) is 16.8 Å². The number of nitrogens with one attached hydrogen (secondary N) is 2. The minimum atomic E-state index is 0. The third-order valence-electron chi connectivity index (χ3n) is 4.61. The molecule has 0 saturated heterocycles. The zero-order valence-electron chi connectivity index (χ0n) is 14.8. The van der Waals surface area contributed by atoms with Gasteiger partial charge in [-0.3, -0.25) is 0 Å². The Morgan fingerprint density at radius 3 is 2.61 bits per heavy atom. The van der Waals surface area contributed by atoms with Gasteiger partial charge < -0.3 is 15.1 Å². The molecule has 132 valence electrons. The second kappa shape index (κ2) is 10.2. The van der Waals surface area contributed by atoms with Gasteiger partial charge in [0.1, 0.15) is 12.3 Å². The molecule has 1 heterocycles. The molecule has 6 heteroatoms. The van der Waals surface area contributed by atoms with Gasteiger partial charge in [-0.1, -0.05) is 26.2 Å². The summed E-state index contributed by atoms with van der Waals surface area (Å²) in [5.41, 5.74) is 0.944. The third-order valence-corrected chi connectivity index (χ3v) is 4.61. The third kappa shape index (κ3) is 6.31. The van der Waals surface area contributed by atoms with Crippen molar-refractivity contribution in [2.45, 2.75) is 59.9 Å². The number of nitrogens with zero attached hydrogens (tertiary/aromatic N) is 2. The average molecular weight is 434 g/mol. The number of aliphatic imine (C=N–C) groups is 1. The van der Waals surface area contributed by atoms with Crippen LogP contribution in [-0.2, 0) is 6.54 Å². The van der Waals surface area contributed by atoms with Crippen LogP contribution in [0.15, 0.2) is 9.41 Å². The van der Waals surface area contributed by atoms with E-state index in [1.807, 2.05) is 13.8 Å². The van der Waals surface area contributed by atoms with E-state index in [0.29, 0.717) is 12.4 Å². The first-order chi connectivity index (χ1) is 10.6. The lowest BCUT2D eigenvalue weighted by Crippen LogP contribution is -2.41. The number of oxazole rings is 1. The van der Waals surface area contributed by atoms with E-state index in [1.54, 1.807) is 0 Å². The number of hydrogen-bond donors (Lipinski definition) is 2. The number of halogens is 1. The van der Waals surface area contributed by atoms with Gasteiger partial charge in [0, 0.05) is 13.1 Å². The van der Waals surface area contributed by atoms with E-state index in [2.05, 4.69) is 34.5 Å². The maximum atomic E-state index is 5.58. The van der Waals surface area contributed by atoms with Gasteiger partial charge in [-0.05, 0) is 39.0 Å².